The maximum atomic E-state index is 4.38. The van der Waals surface area contributed by atoms with Gasteiger partial charge in [-0.25, -0.2) is 0 Å². The van der Waals surface area contributed by atoms with E-state index in [2.05, 4.69) is 35.4 Å². The van der Waals surface area contributed by atoms with Gasteiger partial charge in [-0.1, -0.05) is 12.5 Å². The van der Waals surface area contributed by atoms with Crippen molar-refractivity contribution in [2.75, 3.05) is 13.6 Å². The zero-order valence-electron chi connectivity index (χ0n) is 14.9. The number of hydrogen-bond acceptors (Lipinski definition) is 4. The predicted molar refractivity (Wildman–Crippen MR) is 98.3 cm³/mol. The van der Waals surface area contributed by atoms with Crippen molar-refractivity contribution < 1.29 is 0 Å². The molecule has 2 aromatic rings. The first-order valence-corrected chi connectivity index (χ1v) is 9.12. The first-order chi connectivity index (χ1) is 12.4. The number of fused-ring (bicyclic) bond motifs is 1. The Hall–Kier alpha value is -2.44. The lowest BCUT2D eigenvalue weighted by Gasteiger charge is -2.12. The summed E-state index contributed by atoms with van der Waals surface area (Å²) in [5.74, 6) is 3.08. The molecular formula is C18H27N7. The number of nitrogens with zero attached hydrogens (tertiary/aromatic N) is 5. The predicted octanol–water partition coefficient (Wildman–Crippen LogP) is 1.70. The highest BCUT2D eigenvalue weighted by molar-refractivity contribution is 5.79. The van der Waals surface area contributed by atoms with E-state index in [1.54, 1.807) is 13.2 Å². The molecule has 0 aromatic carbocycles. The molecule has 0 fully saturated rings. The Bertz CT molecular complexity index is 678. The van der Waals surface area contributed by atoms with Gasteiger partial charge in [0.2, 0.25) is 0 Å². The van der Waals surface area contributed by atoms with E-state index in [9.17, 15) is 0 Å². The van der Waals surface area contributed by atoms with E-state index in [0.29, 0.717) is 6.54 Å². The van der Waals surface area contributed by atoms with Gasteiger partial charge in [0.1, 0.15) is 11.6 Å². The molecule has 7 heteroatoms. The van der Waals surface area contributed by atoms with Gasteiger partial charge in [-0.15, -0.1) is 10.2 Å². The molecule has 0 aliphatic carbocycles. The minimum atomic E-state index is 0.665. The zero-order valence-corrected chi connectivity index (χ0v) is 14.9. The van der Waals surface area contributed by atoms with Crippen molar-refractivity contribution in [1.82, 2.24) is 30.4 Å². The van der Waals surface area contributed by atoms with E-state index in [4.69, 9.17) is 0 Å². The summed E-state index contributed by atoms with van der Waals surface area (Å²) in [4.78, 5) is 8.55. The number of hydrogen-bond donors (Lipinski definition) is 2. The van der Waals surface area contributed by atoms with E-state index < -0.39 is 0 Å². The number of nitrogens with one attached hydrogen (secondary N) is 2. The van der Waals surface area contributed by atoms with Gasteiger partial charge in [0, 0.05) is 39.2 Å². The van der Waals surface area contributed by atoms with Crippen LogP contribution in [-0.4, -0.2) is 39.3 Å². The molecule has 0 saturated carbocycles. The second-order valence-electron chi connectivity index (χ2n) is 6.27. The summed E-state index contributed by atoms with van der Waals surface area (Å²) >= 11 is 0. The summed E-state index contributed by atoms with van der Waals surface area (Å²) in [6.07, 6.45) is 8.57. The minimum Gasteiger partial charge on any atom is -0.356 e. The SMILES string of the molecule is CN=C(NCCCc1nnc2n1CCCCC2)NCc1ccccn1. The standard InChI is InChI=1S/C18H27N7/c1-19-18(22-14-15-8-4-5-11-20-15)21-12-7-10-17-24-23-16-9-3-2-6-13-25(16)17/h4-5,8,11H,2-3,6-7,9-10,12-14H2,1H3,(H2,19,21,22). The van der Waals surface area contributed by atoms with E-state index in [1.807, 2.05) is 18.2 Å². The molecule has 0 spiro atoms. The molecule has 0 atom stereocenters. The number of rotatable bonds is 6. The van der Waals surface area contributed by atoms with Crippen LogP contribution in [0, 0.1) is 0 Å². The molecule has 0 saturated heterocycles. The Balaban J connectivity index is 1.41. The maximum Gasteiger partial charge on any atom is 0.191 e. The third kappa shape index (κ3) is 5.01. The van der Waals surface area contributed by atoms with Gasteiger partial charge in [0.05, 0.1) is 12.2 Å². The highest BCUT2D eigenvalue weighted by atomic mass is 15.3. The van der Waals surface area contributed by atoms with Gasteiger partial charge >= 0.3 is 0 Å². The zero-order chi connectivity index (χ0) is 17.3. The highest BCUT2D eigenvalue weighted by Crippen LogP contribution is 2.15. The molecule has 1 aliphatic rings. The van der Waals surface area contributed by atoms with Crippen molar-refractivity contribution in [3.63, 3.8) is 0 Å². The molecule has 25 heavy (non-hydrogen) atoms. The van der Waals surface area contributed by atoms with Crippen LogP contribution >= 0.6 is 0 Å². The van der Waals surface area contributed by atoms with Crippen molar-refractivity contribution in [2.45, 2.75) is 51.6 Å². The van der Waals surface area contributed by atoms with E-state index in [0.717, 1.165) is 55.7 Å². The van der Waals surface area contributed by atoms with Crippen molar-refractivity contribution in [3.05, 3.63) is 41.7 Å². The normalized spacial score (nSPS) is 14.7. The molecular weight excluding hydrogens is 314 g/mol. The molecule has 2 aromatic heterocycles. The van der Waals surface area contributed by atoms with Crippen LogP contribution in [-0.2, 0) is 25.9 Å². The number of guanidine groups is 1. The van der Waals surface area contributed by atoms with Gasteiger partial charge in [0.15, 0.2) is 5.96 Å². The summed E-state index contributed by atoms with van der Waals surface area (Å²) in [6, 6.07) is 5.90. The van der Waals surface area contributed by atoms with Crippen molar-refractivity contribution in [3.8, 4) is 0 Å². The second-order valence-corrected chi connectivity index (χ2v) is 6.27. The Morgan fingerprint density at radius 1 is 1.20 bits per heavy atom. The average Bonchev–Trinajstić information content (AvgIpc) is 2.88. The van der Waals surface area contributed by atoms with Crippen LogP contribution in [0.15, 0.2) is 29.4 Å². The topological polar surface area (TPSA) is 80.0 Å². The first kappa shape index (κ1) is 17.4. The number of pyridine rings is 1. The van der Waals surface area contributed by atoms with Crippen LogP contribution in [0.5, 0.6) is 0 Å². The largest absolute Gasteiger partial charge is 0.356 e. The summed E-state index contributed by atoms with van der Waals surface area (Å²) in [5.41, 5.74) is 0.997. The fourth-order valence-electron chi connectivity index (χ4n) is 3.08. The average molecular weight is 341 g/mol. The second kappa shape index (κ2) is 9.15. The smallest absolute Gasteiger partial charge is 0.191 e. The van der Waals surface area contributed by atoms with Crippen molar-refractivity contribution >= 4 is 5.96 Å². The first-order valence-electron chi connectivity index (χ1n) is 9.12. The van der Waals surface area contributed by atoms with Crippen LogP contribution < -0.4 is 10.6 Å². The Morgan fingerprint density at radius 2 is 2.16 bits per heavy atom. The van der Waals surface area contributed by atoms with Crippen LogP contribution in [0.2, 0.25) is 0 Å². The highest BCUT2D eigenvalue weighted by Gasteiger charge is 2.14. The fourth-order valence-corrected chi connectivity index (χ4v) is 3.08. The van der Waals surface area contributed by atoms with E-state index >= 15 is 0 Å². The van der Waals surface area contributed by atoms with Gasteiger partial charge in [-0.3, -0.25) is 9.98 Å². The Morgan fingerprint density at radius 3 is 3.00 bits per heavy atom. The summed E-state index contributed by atoms with van der Waals surface area (Å²) in [6.45, 7) is 2.58. The monoisotopic (exact) mass is 341 g/mol. The summed E-state index contributed by atoms with van der Waals surface area (Å²) in [5, 5.41) is 15.4. The fraction of sp³-hybridized carbons (Fsp3) is 0.556. The number of aromatic nitrogens is 4. The lowest BCUT2D eigenvalue weighted by Crippen LogP contribution is -2.37. The third-order valence-electron chi connectivity index (χ3n) is 4.44. The quantitative estimate of drug-likeness (QED) is 0.475. The molecule has 1 aliphatic heterocycles. The van der Waals surface area contributed by atoms with E-state index in [1.165, 1.54) is 19.3 Å². The molecule has 0 radical (unpaired) electrons. The molecule has 0 amide bonds. The van der Waals surface area contributed by atoms with Gasteiger partial charge in [0.25, 0.3) is 0 Å². The molecule has 7 nitrogen and oxygen atoms in total. The molecule has 3 rings (SSSR count). The third-order valence-corrected chi connectivity index (χ3v) is 4.44. The van der Waals surface area contributed by atoms with Gasteiger partial charge in [-0.05, 0) is 31.4 Å². The summed E-state index contributed by atoms with van der Waals surface area (Å²) in [7, 11) is 1.78. The lowest BCUT2D eigenvalue weighted by molar-refractivity contribution is 0.593. The molecule has 134 valence electrons. The minimum absolute atomic E-state index is 0.665. The molecule has 0 unspecified atom stereocenters. The Labute approximate surface area is 149 Å². The number of aliphatic imine (C=N–C) groups is 1. The van der Waals surface area contributed by atoms with Crippen LogP contribution in [0.1, 0.15) is 43.0 Å². The van der Waals surface area contributed by atoms with Crippen LogP contribution in [0.25, 0.3) is 0 Å². The Kier molecular flexibility index (Phi) is 6.36. The maximum absolute atomic E-state index is 4.38. The number of aryl methyl sites for hydroxylation is 2. The van der Waals surface area contributed by atoms with Crippen LogP contribution in [0.4, 0.5) is 0 Å². The summed E-state index contributed by atoms with van der Waals surface area (Å²) < 4.78 is 2.32. The van der Waals surface area contributed by atoms with Crippen molar-refractivity contribution in [1.29, 1.82) is 0 Å². The van der Waals surface area contributed by atoms with Gasteiger partial charge < -0.3 is 15.2 Å². The van der Waals surface area contributed by atoms with Crippen LogP contribution in [0.3, 0.4) is 0 Å². The van der Waals surface area contributed by atoms with Gasteiger partial charge in [-0.2, -0.15) is 0 Å². The van der Waals surface area contributed by atoms with Crippen molar-refractivity contribution in [2.24, 2.45) is 4.99 Å². The van der Waals surface area contributed by atoms with E-state index in [-0.39, 0.29) is 0 Å². The molecule has 2 N–H and O–H groups in total. The lowest BCUT2D eigenvalue weighted by atomic mass is 10.2. The molecule has 0 bridgehead atoms. The molecule has 3 heterocycles.